The van der Waals surface area contributed by atoms with E-state index in [0.717, 1.165) is 12.8 Å². The Bertz CT molecular complexity index is 462. The zero-order valence-electron chi connectivity index (χ0n) is 9.13. The number of rotatable bonds is 4. The number of nitrogens with zero attached hydrogens (tertiary/aromatic N) is 2. The molecule has 0 amide bonds. The number of sulfonamides is 1. The van der Waals surface area contributed by atoms with Crippen molar-refractivity contribution in [1.29, 1.82) is 0 Å². The van der Waals surface area contributed by atoms with E-state index in [-0.39, 0.29) is 10.9 Å². The minimum absolute atomic E-state index is 0.207. The second-order valence-corrected chi connectivity index (χ2v) is 6.07. The summed E-state index contributed by atoms with van der Waals surface area (Å²) in [6.07, 6.45) is 4.62. The molecule has 7 heteroatoms. The summed E-state index contributed by atoms with van der Waals surface area (Å²) < 4.78 is 27.6. The van der Waals surface area contributed by atoms with Crippen molar-refractivity contribution in [2.24, 2.45) is 18.7 Å². The highest BCUT2D eigenvalue weighted by molar-refractivity contribution is 7.89. The fraction of sp³-hybridized carbons (Fsp3) is 0.667. The Morgan fingerprint density at radius 1 is 1.62 bits per heavy atom. The summed E-state index contributed by atoms with van der Waals surface area (Å²) in [5.41, 5.74) is 5.63. The van der Waals surface area contributed by atoms with Crippen LogP contribution in [0.2, 0.25) is 0 Å². The number of hydrogen-bond acceptors (Lipinski definition) is 4. The lowest BCUT2D eigenvalue weighted by Gasteiger charge is -2.32. The van der Waals surface area contributed by atoms with Gasteiger partial charge in [0.25, 0.3) is 0 Å². The zero-order chi connectivity index (χ0) is 11.8. The van der Waals surface area contributed by atoms with Gasteiger partial charge in [-0.2, -0.15) is 5.10 Å². The molecule has 1 aliphatic carbocycles. The van der Waals surface area contributed by atoms with Gasteiger partial charge in [0.2, 0.25) is 10.0 Å². The van der Waals surface area contributed by atoms with E-state index in [4.69, 9.17) is 5.73 Å². The molecular formula is C9H16N4O2S. The Morgan fingerprint density at radius 2 is 2.31 bits per heavy atom. The number of aryl methyl sites for hydroxylation is 1. The molecule has 6 nitrogen and oxygen atoms in total. The van der Waals surface area contributed by atoms with E-state index in [2.05, 4.69) is 9.82 Å². The van der Waals surface area contributed by atoms with Crippen LogP contribution in [0.15, 0.2) is 17.3 Å². The third-order valence-corrected chi connectivity index (χ3v) is 4.20. The molecule has 1 heterocycles. The summed E-state index contributed by atoms with van der Waals surface area (Å²) in [6.45, 7) is 0.463. The van der Waals surface area contributed by atoms with Crippen molar-refractivity contribution in [2.75, 3.05) is 6.54 Å². The molecule has 1 aromatic heterocycles. The predicted molar refractivity (Wildman–Crippen MR) is 59.1 cm³/mol. The Balaban J connectivity index is 1.93. The molecule has 0 saturated heterocycles. The minimum atomic E-state index is -3.40. The van der Waals surface area contributed by atoms with Gasteiger partial charge in [-0.1, -0.05) is 0 Å². The molecule has 0 unspecified atom stereocenters. The number of aromatic nitrogens is 2. The predicted octanol–water partition coefficient (Wildman–Crippen LogP) is -0.564. The van der Waals surface area contributed by atoms with Gasteiger partial charge >= 0.3 is 0 Å². The van der Waals surface area contributed by atoms with Gasteiger partial charge in [0.1, 0.15) is 4.90 Å². The fourth-order valence-electron chi connectivity index (χ4n) is 1.80. The van der Waals surface area contributed by atoms with Crippen LogP contribution in [-0.2, 0) is 17.1 Å². The maximum Gasteiger partial charge on any atom is 0.243 e. The van der Waals surface area contributed by atoms with Crippen LogP contribution in [0, 0.1) is 5.92 Å². The smallest absolute Gasteiger partial charge is 0.243 e. The second kappa shape index (κ2) is 4.15. The van der Waals surface area contributed by atoms with Crippen LogP contribution in [0.1, 0.15) is 12.8 Å². The van der Waals surface area contributed by atoms with Crippen LogP contribution in [0.25, 0.3) is 0 Å². The van der Waals surface area contributed by atoms with Crippen molar-refractivity contribution < 1.29 is 8.42 Å². The lowest BCUT2D eigenvalue weighted by atomic mass is 9.81. The van der Waals surface area contributed by atoms with Crippen molar-refractivity contribution >= 4 is 10.0 Å². The van der Waals surface area contributed by atoms with Crippen LogP contribution < -0.4 is 10.5 Å². The first kappa shape index (κ1) is 11.6. The van der Waals surface area contributed by atoms with E-state index in [9.17, 15) is 8.42 Å². The molecule has 0 spiro atoms. The molecule has 0 atom stereocenters. The molecule has 16 heavy (non-hydrogen) atoms. The Kier molecular flexibility index (Phi) is 3.00. The van der Waals surface area contributed by atoms with Gasteiger partial charge in [0, 0.05) is 25.8 Å². The van der Waals surface area contributed by atoms with Gasteiger partial charge in [-0.25, -0.2) is 13.1 Å². The van der Waals surface area contributed by atoms with Crippen molar-refractivity contribution in [3.8, 4) is 0 Å². The normalized spacial score (nSPS) is 25.4. The third kappa shape index (κ3) is 2.42. The molecule has 3 N–H and O–H groups in total. The molecule has 0 aromatic carbocycles. The Labute approximate surface area is 94.9 Å². The van der Waals surface area contributed by atoms with Gasteiger partial charge in [-0.15, -0.1) is 0 Å². The van der Waals surface area contributed by atoms with E-state index in [0.29, 0.717) is 12.5 Å². The average molecular weight is 244 g/mol. The molecule has 0 bridgehead atoms. The molecule has 1 aromatic rings. The first-order chi connectivity index (χ1) is 7.47. The van der Waals surface area contributed by atoms with E-state index in [1.165, 1.54) is 17.1 Å². The summed E-state index contributed by atoms with van der Waals surface area (Å²) in [4.78, 5) is 0.207. The SMILES string of the molecule is Cn1cc(S(=O)(=O)NCC2CC(N)C2)cn1. The monoisotopic (exact) mass is 244 g/mol. The number of nitrogens with two attached hydrogens (primary N) is 1. The van der Waals surface area contributed by atoms with Crippen LogP contribution in [0.5, 0.6) is 0 Å². The first-order valence-corrected chi connectivity index (χ1v) is 6.69. The average Bonchev–Trinajstić information content (AvgIpc) is 2.58. The minimum Gasteiger partial charge on any atom is -0.328 e. The third-order valence-electron chi connectivity index (χ3n) is 2.83. The largest absolute Gasteiger partial charge is 0.328 e. The second-order valence-electron chi connectivity index (χ2n) is 4.30. The van der Waals surface area contributed by atoms with Gasteiger partial charge in [-0.05, 0) is 18.8 Å². The van der Waals surface area contributed by atoms with Gasteiger partial charge < -0.3 is 5.73 Å². The van der Waals surface area contributed by atoms with Crippen molar-refractivity contribution in [3.05, 3.63) is 12.4 Å². The molecule has 1 aliphatic rings. The van der Waals surface area contributed by atoms with E-state index >= 15 is 0 Å². The summed E-state index contributed by atoms with van der Waals surface area (Å²) in [7, 11) is -1.72. The summed E-state index contributed by atoms with van der Waals surface area (Å²) in [5, 5.41) is 3.83. The Hall–Kier alpha value is -0.920. The summed E-state index contributed by atoms with van der Waals surface area (Å²) in [6, 6.07) is 0.243. The highest BCUT2D eigenvalue weighted by Crippen LogP contribution is 2.24. The molecule has 2 rings (SSSR count). The molecular weight excluding hydrogens is 228 g/mol. The van der Waals surface area contributed by atoms with E-state index in [1.807, 2.05) is 0 Å². The topological polar surface area (TPSA) is 90.0 Å². The van der Waals surface area contributed by atoms with Crippen LogP contribution in [0.3, 0.4) is 0 Å². The highest BCUT2D eigenvalue weighted by atomic mass is 32.2. The lowest BCUT2D eigenvalue weighted by Crippen LogP contribution is -2.42. The van der Waals surface area contributed by atoms with Gasteiger partial charge in [-0.3, -0.25) is 4.68 Å². The first-order valence-electron chi connectivity index (χ1n) is 5.21. The molecule has 1 fully saturated rings. The quantitative estimate of drug-likeness (QED) is 0.742. The van der Waals surface area contributed by atoms with Gasteiger partial charge in [0.15, 0.2) is 0 Å². The van der Waals surface area contributed by atoms with Crippen molar-refractivity contribution in [2.45, 2.75) is 23.8 Å². The van der Waals surface area contributed by atoms with Crippen LogP contribution >= 0.6 is 0 Å². The summed E-state index contributed by atoms with van der Waals surface area (Å²) >= 11 is 0. The maximum atomic E-state index is 11.8. The van der Waals surface area contributed by atoms with Crippen LogP contribution in [-0.4, -0.2) is 30.8 Å². The van der Waals surface area contributed by atoms with E-state index in [1.54, 1.807) is 7.05 Å². The van der Waals surface area contributed by atoms with Crippen molar-refractivity contribution in [3.63, 3.8) is 0 Å². The van der Waals surface area contributed by atoms with E-state index < -0.39 is 10.0 Å². The molecule has 90 valence electrons. The molecule has 0 aliphatic heterocycles. The van der Waals surface area contributed by atoms with Gasteiger partial charge in [0.05, 0.1) is 6.20 Å². The number of nitrogens with one attached hydrogen (secondary N) is 1. The standard InChI is InChI=1S/C9H16N4O2S/c1-13-6-9(5-11-13)16(14,15)12-4-7-2-8(10)3-7/h5-8,12H,2-4,10H2,1H3. The fourth-order valence-corrected chi connectivity index (χ4v) is 2.90. The Morgan fingerprint density at radius 3 is 2.81 bits per heavy atom. The van der Waals surface area contributed by atoms with Crippen molar-refractivity contribution in [1.82, 2.24) is 14.5 Å². The molecule has 1 saturated carbocycles. The maximum absolute atomic E-state index is 11.8. The lowest BCUT2D eigenvalue weighted by molar-refractivity contribution is 0.267. The number of hydrogen-bond donors (Lipinski definition) is 2. The zero-order valence-corrected chi connectivity index (χ0v) is 9.94. The molecule has 0 radical (unpaired) electrons. The summed E-state index contributed by atoms with van der Waals surface area (Å²) in [5.74, 6) is 0.376. The van der Waals surface area contributed by atoms with Crippen LogP contribution in [0.4, 0.5) is 0 Å². The highest BCUT2D eigenvalue weighted by Gasteiger charge is 2.27.